The van der Waals surface area contributed by atoms with Gasteiger partial charge in [0.1, 0.15) is 0 Å². The molecule has 474 valence electrons. The average Bonchev–Trinajstić information content (AvgIpc) is 0.780. The lowest BCUT2D eigenvalue weighted by molar-refractivity contribution is 0.664. The Hall–Kier alpha value is -10.5. The van der Waals surface area contributed by atoms with Crippen molar-refractivity contribution in [2.45, 2.75) is 106 Å². The number of aryl methyl sites for hydroxylation is 6. The van der Waals surface area contributed by atoms with E-state index in [9.17, 15) is 0 Å². The molecule has 0 aromatic heterocycles. The lowest BCUT2D eigenvalue weighted by Gasteiger charge is -2.28. The van der Waals surface area contributed by atoms with Crippen LogP contribution in [0.3, 0.4) is 0 Å². The molecule has 0 aliphatic rings. The van der Waals surface area contributed by atoms with Crippen LogP contribution in [0.15, 0.2) is 303 Å². The van der Waals surface area contributed by atoms with E-state index in [4.69, 9.17) is 0 Å². The number of rotatable bonds is 24. The topological polar surface area (TPSA) is 6.48 Å². The van der Waals surface area contributed by atoms with Crippen molar-refractivity contribution in [3.8, 4) is 89.0 Å². The van der Waals surface area contributed by atoms with Gasteiger partial charge < -0.3 is 9.80 Å². The zero-order valence-corrected chi connectivity index (χ0v) is 56.8. The highest BCUT2D eigenvalue weighted by atomic mass is 15.1. The Kier molecular flexibility index (Phi) is 20.2. The third-order valence-electron chi connectivity index (χ3n) is 19.5. The van der Waals surface area contributed by atoms with Gasteiger partial charge in [-0.05, 0) is 249 Å². The van der Waals surface area contributed by atoms with Crippen molar-refractivity contribution < 1.29 is 0 Å². The molecular weight excluding hydrogens is 1160 g/mol. The number of unbranched alkanes of at least 4 members (excludes halogenated alkanes) is 6. The van der Waals surface area contributed by atoms with Crippen LogP contribution in [0.2, 0.25) is 0 Å². The molecular formula is C94H88N2. The second-order valence-electron chi connectivity index (χ2n) is 26.2. The van der Waals surface area contributed by atoms with E-state index < -0.39 is 0 Å². The predicted octanol–water partition coefficient (Wildman–Crippen LogP) is 27.4. The Morgan fingerprint density at radius 1 is 0.198 bits per heavy atom. The fraction of sp³-hybridized carbons (Fsp3) is 0.170. The van der Waals surface area contributed by atoms with E-state index in [0.717, 1.165) is 59.8 Å². The summed E-state index contributed by atoms with van der Waals surface area (Å²) in [6.07, 6.45) is 11.7. The van der Waals surface area contributed by atoms with E-state index in [-0.39, 0.29) is 0 Å². The molecule has 2 heteroatoms. The predicted molar refractivity (Wildman–Crippen MR) is 414 cm³/mol. The third kappa shape index (κ3) is 14.6. The van der Waals surface area contributed by atoms with Gasteiger partial charge in [-0.15, -0.1) is 0 Å². The summed E-state index contributed by atoms with van der Waals surface area (Å²) in [4.78, 5) is 4.90. The lowest BCUT2D eigenvalue weighted by atomic mass is 9.84. The van der Waals surface area contributed by atoms with Gasteiger partial charge in [-0.2, -0.15) is 0 Å². The molecule has 13 rings (SSSR count). The second kappa shape index (κ2) is 30.2. The maximum Gasteiger partial charge on any atom is 0.0464 e. The first-order valence-electron chi connectivity index (χ1n) is 35.0. The Bertz CT molecular complexity index is 4400. The molecule has 0 fully saturated rings. The summed E-state index contributed by atoms with van der Waals surface area (Å²) in [6.45, 7) is 13.8. The fourth-order valence-corrected chi connectivity index (χ4v) is 14.2. The first kappa shape index (κ1) is 64.2. The Morgan fingerprint density at radius 3 is 0.708 bits per heavy atom. The molecule has 0 aliphatic heterocycles. The van der Waals surface area contributed by atoms with Gasteiger partial charge in [-0.25, -0.2) is 0 Å². The van der Waals surface area contributed by atoms with Crippen molar-refractivity contribution in [2.75, 3.05) is 9.80 Å². The van der Waals surface area contributed by atoms with Crippen LogP contribution in [0.1, 0.15) is 98.6 Å². The first-order valence-corrected chi connectivity index (χ1v) is 35.0. The van der Waals surface area contributed by atoms with Crippen LogP contribution in [-0.4, -0.2) is 0 Å². The first-order chi connectivity index (χ1) is 47.2. The standard InChI is InChI=1S/C94H88N2/c1-7-9-11-17-35-81-65-94(92-60-56-88(64-70(92)6)96(86-54-58-90(68(4)62-86)80-33-25-16-26-34-80)84-51-47-78(48-52-84)76-43-39-74(40-44-76)72-29-21-14-22-30-72)82(36-18-12-10-8-2)66-93(81)91-59-55-87(63-69(91)5)95(85-53-57-89(67(3)61-85)79-31-23-15-24-32-79)83-49-45-77(46-50-83)75-41-37-73(38-42-75)71-27-19-13-20-28-71/h13-16,19-34,37-66H,7-12,17-18,35-36H2,1-6H3. The van der Waals surface area contributed by atoms with E-state index in [1.165, 1.54) is 161 Å². The van der Waals surface area contributed by atoms with Crippen molar-refractivity contribution in [3.63, 3.8) is 0 Å². The zero-order valence-electron chi connectivity index (χ0n) is 56.8. The molecule has 13 aromatic carbocycles. The summed E-state index contributed by atoms with van der Waals surface area (Å²) < 4.78 is 0. The fourth-order valence-electron chi connectivity index (χ4n) is 14.2. The van der Waals surface area contributed by atoms with E-state index in [1.54, 1.807) is 0 Å². The number of anilines is 6. The van der Waals surface area contributed by atoms with Gasteiger partial charge in [0, 0.05) is 34.1 Å². The minimum atomic E-state index is 1.02. The van der Waals surface area contributed by atoms with Crippen molar-refractivity contribution in [1.29, 1.82) is 0 Å². The van der Waals surface area contributed by atoms with Crippen molar-refractivity contribution in [1.82, 2.24) is 0 Å². The number of hydrogen-bond donors (Lipinski definition) is 0. The van der Waals surface area contributed by atoms with Crippen LogP contribution in [-0.2, 0) is 12.8 Å². The van der Waals surface area contributed by atoms with Crippen LogP contribution >= 0.6 is 0 Å². The molecule has 2 nitrogen and oxygen atoms in total. The quantitative estimate of drug-likeness (QED) is 0.0557. The molecule has 0 saturated heterocycles. The van der Waals surface area contributed by atoms with E-state index in [1.807, 2.05) is 0 Å². The van der Waals surface area contributed by atoms with Crippen LogP contribution < -0.4 is 9.80 Å². The molecule has 0 radical (unpaired) electrons. The number of hydrogen-bond acceptors (Lipinski definition) is 2. The largest absolute Gasteiger partial charge is 0.310 e. The van der Waals surface area contributed by atoms with Crippen LogP contribution in [0.25, 0.3) is 89.0 Å². The zero-order chi connectivity index (χ0) is 65.7. The molecule has 0 saturated carbocycles. The minimum Gasteiger partial charge on any atom is -0.310 e. The van der Waals surface area contributed by atoms with Crippen LogP contribution in [0.5, 0.6) is 0 Å². The van der Waals surface area contributed by atoms with E-state index >= 15 is 0 Å². The normalized spacial score (nSPS) is 11.2. The Labute approximate surface area is 571 Å². The number of benzene rings is 13. The third-order valence-corrected chi connectivity index (χ3v) is 19.5. The van der Waals surface area contributed by atoms with Gasteiger partial charge in [0.15, 0.2) is 0 Å². The lowest BCUT2D eigenvalue weighted by Crippen LogP contribution is -2.11. The minimum absolute atomic E-state index is 1.02. The SMILES string of the molecule is CCCCCCc1cc(-c2ccc(N(c3ccc(-c4ccc(-c5ccccc5)cc4)cc3)c3ccc(-c4ccccc4)c(C)c3)cc2C)c(CCCCCC)cc1-c1ccc(N(c2ccc(-c3ccc(-c4ccccc4)cc3)cc2)c2ccc(-c3ccccc3)c(C)c2)cc1C. The highest BCUT2D eigenvalue weighted by Crippen LogP contribution is 2.45. The molecule has 96 heavy (non-hydrogen) atoms. The second-order valence-corrected chi connectivity index (χ2v) is 26.2. The Morgan fingerprint density at radius 2 is 0.438 bits per heavy atom. The van der Waals surface area contributed by atoms with Crippen LogP contribution in [0, 0.1) is 27.7 Å². The molecule has 0 spiro atoms. The smallest absolute Gasteiger partial charge is 0.0464 e. The molecule has 0 amide bonds. The summed E-state index contributed by atoms with van der Waals surface area (Å²) in [5.41, 5.74) is 34.6. The summed E-state index contributed by atoms with van der Waals surface area (Å²) in [5.74, 6) is 0. The Balaban J connectivity index is 0.874. The van der Waals surface area contributed by atoms with Crippen molar-refractivity contribution >= 4 is 34.1 Å². The maximum absolute atomic E-state index is 2.61. The molecule has 0 heterocycles. The van der Waals surface area contributed by atoms with Gasteiger partial charge in [0.05, 0.1) is 0 Å². The molecule has 0 unspecified atom stereocenters. The summed E-state index contributed by atoms with van der Waals surface area (Å²) in [6, 6.07) is 113. The average molecular weight is 1250 g/mol. The maximum atomic E-state index is 2.61. The molecule has 0 aliphatic carbocycles. The van der Waals surface area contributed by atoms with Crippen molar-refractivity contribution in [2.24, 2.45) is 0 Å². The summed E-state index contributed by atoms with van der Waals surface area (Å²) in [7, 11) is 0. The highest BCUT2D eigenvalue weighted by molar-refractivity contribution is 5.88. The van der Waals surface area contributed by atoms with Gasteiger partial charge in [0.2, 0.25) is 0 Å². The highest BCUT2D eigenvalue weighted by Gasteiger charge is 2.22. The monoisotopic (exact) mass is 1240 g/mol. The van der Waals surface area contributed by atoms with E-state index in [0.29, 0.717) is 0 Å². The molecule has 0 atom stereocenters. The van der Waals surface area contributed by atoms with Crippen LogP contribution in [0.4, 0.5) is 34.1 Å². The summed E-state index contributed by atoms with van der Waals surface area (Å²) >= 11 is 0. The van der Waals surface area contributed by atoms with Gasteiger partial charge >= 0.3 is 0 Å². The summed E-state index contributed by atoms with van der Waals surface area (Å²) in [5, 5.41) is 0. The molecule has 0 bridgehead atoms. The van der Waals surface area contributed by atoms with E-state index in [2.05, 4.69) is 355 Å². The van der Waals surface area contributed by atoms with Gasteiger partial charge in [-0.3, -0.25) is 0 Å². The number of nitrogens with zero attached hydrogens (tertiary/aromatic N) is 2. The van der Waals surface area contributed by atoms with Gasteiger partial charge in [-0.1, -0.05) is 283 Å². The van der Waals surface area contributed by atoms with Crippen molar-refractivity contribution in [3.05, 3.63) is 337 Å². The molecule has 0 N–H and O–H groups in total. The van der Waals surface area contributed by atoms with Gasteiger partial charge in [0.25, 0.3) is 0 Å². The molecule has 13 aromatic rings.